The normalized spacial score (nSPS) is 13.8. The smallest absolute Gasteiger partial charge is 0.0471 e. The Kier molecular flexibility index (Phi) is 8.58. The molecule has 0 unspecified atom stereocenters. The molecule has 292 valence electrons. The van der Waals surface area contributed by atoms with E-state index in [1.165, 1.54) is 89.0 Å². The highest BCUT2D eigenvalue weighted by Crippen LogP contribution is 2.59. The molecule has 61 heavy (non-hydrogen) atoms. The van der Waals surface area contributed by atoms with Crippen molar-refractivity contribution < 1.29 is 0 Å². The first-order valence-electron chi connectivity index (χ1n) is 21.5. The summed E-state index contributed by atoms with van der Waals surface area (Å²) in [5, 5.41) is 0. The van der Waals surface area contributed by atoms with Gasteiger partial charge in [-0.05, 0) is 138 Å². The van der Waals surface area contributed by atoms with Crippen LogP contribution in [0.25, 0.3) is 66.8 Å². The maximum Gasteiger partial charge on any atom is 0.0471 e. The second kappa shape index (κ2) is 14.2. The SMILES string of the molecule is CC1(C)c2ccccc2-c2cc3c(cc21)-c1c(-c2ccccc2)cc(N(c2ccc(-c4ccccc4)cc2)c2ccc(-c4ccc(-c5ccccc5)cc4)cc2)cc1C3(C)C. The number of benzene rings is 9. The molecule has 9 aromatic rings. The minimum atomic E-state index is -0.237. The van der Waals surface area contributed by atoms with Crippen molar-refractivity contribution in [3.8, 4) is 66.8 Å². The molecule has 0 heterocycles. The molecular formula is C60H47N. The average Bonchev–Trinajstić information content (AvgIpc) is 3.68. The van der Waals surface area contributed by atoms with Crippen molar-refractivity contribution in [2.75, 3.05) is 4.90 Å². The van der Waals surface area contributed by atoms with Gasteiger partial charge in [0.05, 0.1) is 0 Å². The Labute approximate surface area is 360 Å². The van der Waals surface area contributed by atoms with Crippen molar-refractivity contribution in [1.82, 2.24) is 0 Å². The average molecular weight is 782 g/mol. The van der Waals surface area contributed by atoms with Crippen LogP contribution in [0, 0.1) is 0 Å². The van der Waals surface area contributed by atoms with E-state index in [2.05, 4.69) is 245 Å². The Morgan fingerprint density at radius 2 is 0.656 bits per heavy atom. The van der Waals surface area contributed by atoms with Gasteiger partial charge in [0.2, 0.25) is 0 Å². The van der Waals surface area contributed by atoms with Gasteiger partial charge in [0, 0.05) is 27.9 Å². The molecular weight excluding hydrogens is 735 g/mol. The van der Waals surface area contributed by atoms with Crippen molar-refractivity contribution in [2.45, 2.75) is 38.5 Å². The van der Waals surface area contributed by atoms with E-state index in [0.29, 0.717) is 0 Å². The van der Waals surface area contributed by atoms with E-state index in [0.717, 1.165) is 17.1 Å². The molecule has 0 bridgehead atoms. The fraction of sp³-hybridized carbons (Fsp3) is 0.100. The summed E-state index contributed by atoms with van der Waals surface area (Å²) in [5.41, 5.74) is 23.8. The van der Waals surface area contributed by atoms with Crippen LogP contribution in [-0.4, -0.2) is 0 Å². The molecule has 0 amide bonds. The summed E-state index contributed by atoms with van der Waals surface area (Å²) in [6, 6.07) is 78.3. The van der Waals surface area contributed by atoms with Gasteiger partial charge in [0.15, 0.2) is 0 Å². The van der Waals surface area contributed by atoms with Crippen LogP contribution in [0.4, 0.5) is 17.1 Å². The van der Waals surface area contributed by atoms with Gasteiger partial charge < -0.3 is 4.90 Å². The molecule has 11 rings (SSSR count). The monoisotopic (exact) mass is 781 g/mol. The highest BCUT2D eigenvalue weighted by Gasteiger charge is 2.43. The lowest BCUT2D eigenvalue weighted by molar-refractivity contribution is 0.652. The summed E-state index contributed by atoms with van der Waals surface area (Å²) in [5.74, 6) is 0. The van der Waals surface area contributed by atoms with E-state index in [1.54, 1.807) is 0 Å². The second-order valence-electron chi connectivity index (χ2n) is 17.8. The van der Waals surface area contributed by atoms with E-state index < -0.39 is 0 Å². The minimum absolute atomic E-state index is 0.0838. The molecule has 0 N–H and O–H groups in total. The topological polar surface area (TPSA) is 3.24 Å². The predicted octanol–water partition coefficient (Wildman–Crippen LogP) is 16.4. The van der Waals surface area contributed by atoms with Crippen molar-refractivity contribution >= 4 is 17.1 Å². The number of fused-ring (bicyclic) bond motifs is 6. The lowest BCUT2D eigenvalue weighted by atomic mass is 9.79. The van der Waals surface area contributed by atoms with Gasteiger partial charge in [-0.15, -0.1) is 0 Å². The third-order valence-electron chi connectivity index (χ3n) is 13.5. The highest BCUT2D eigenvalue weighted by molar-refractivity contribution is 5.98. The van der Waals surface area contributed by atoms with Crippen LogP contribution in [-0.2, 0) is 10.8 Å². The minimum Gasteiger partial charge on any atom is -0.310 e. The summed E-state index contributed by atoms with van der Waals surface area (Å²) in [7, 11) is 0. The van der Waals surface area contributed by atoms with Crippen molar-refractivity contribution in [1.29, 1.82) is 0 Å². The van der Waals surface area contributed by atoms with E-state index in [4.69, 9.17) is 0 Å². The van der Waals surface area contributed by atoms with E-state index >= 15 is 0 Å². The number of anilines is 3. The summed E-state index contributed by atoms with van der Waals surface area (Å²) in [6.07, 6.45) is 0. The summed E-state index contributed by atoms with van der Waals surface area (Å²) in [6.45, 7) is 9.62. The molecule has 0 aliphatic heterocycles. The van der Waals surface area contributed by atoms with Gasteiger partial charge in [-0.3, -0.25) is 0 Å². The zero-order valence-corrected chi connectivity index (χ0v) is 35.2. The third kappa shape index (κ3) is 6.07. The largest absolute Gasteiger partial charge is 0.310 e. The van der Waals surface area contributed by atoms with E-state index in [9.17, 15) is 0 Å². The summed E-state index contributed by atoms with van der Waals surface area (Å²) in [4.78, 5) is 2.45. The molecule has 0 atom stereocenters. The quantitative estimate of drug-likeness (QED) is 0.156. The van der Waals surface area contributed by atoms with Gasteiger partial charge in [-0.1, -0.05) is 191 Å². The van der Waals surface area contributed by atoms with Gasteiger partial charge in [-0.25, -0.2) is 0 Å². The third-order valence-corrected chi connectivity index (χ3v) is 13.5. The molecule has 1 nitrogen and oxygen atoms in total. The first-order valence-corrected chi connectivity index (χ1v) is 21.5. The molecule has 0 saturated heterocycles. The standard InChI is InChI=1S/C60H47N/c1-59(2)54-23-15-14-22-50(54)52-38-56-53(39-55(52)59)58-51(46-20-12-7-13-21-46)36-49(37-57(58)60(56,3)4)61(47-32-28-44(29-33-47)41-18-10-6-11-19-41)48-34-30-45(31-35-48)43-26-24-42(25-27-43)40-16-8-5-9-17-40/h5-39H,1-4H3. The fourth-order valence-corrected chi connectivity index (χ4v) is 10.2. The van der Waals surface area contributed by atoms with Gasteiger partial charge >= 0.3 is 0 Å². The van der Waals surface area contributed by atoms with Crippen LogP contribution in [0.15, 0.2) is 212 Å². The Balaban J connectivity index is 1.07. The molecule has 2 aliphatic rings. The number of hydrogen-bond donors (Lipinski definition) is 0. The lowest BCUT2D eigenvalue weighted by Gasteiger charge is -2.29. The first-order chi connectivity index (χ1) is 29.8. The number of nitrogens with zero attached hydrogens (tertiary/aromatic N) is 1. The Bertz CT molecular complexity index is 3070. The zero-order valence-electron chi connectivity index (χ0n) is 35.2. The van der Waals surface area contributed by atoms with Gasteiger partial charge in [0.25, 0.3) is 0 Å². The Morgan fingerprint density at radius 3 is 1.18 bits per heavy atom. The molecule has 0 radical (unpaired) electrons. The van der Waals surface area contributed by atoms with Crippen LogP contribution in [0.2, 0.25) is 0 Å². The molecule has 0 saturated carbocycles. The maximum absolute atomic E-state index is 2.54. The first kappa shape index (κ1) is 36.8. The Morgan fingerprint density at radius 1 is 0.262 bits per heavy atom. The summed E-state index contributed by atoms with van der Waals surface area (Å²) < 4.78 is 0. The zero-order chi connectivity index (χ0) is 41.3. The van der Waals surface area contributed by atoms with E-state index in [1.807, 2.05) is 0 Å². The maximum atomic E-state index is 2.54. The number of rotatable bonds is 7. The molecule has 2 aliphatic carbocycles. The van der Waals surface area contributed by atoms with Crippen LogP contribution in [0.3, 0.4) is 0 Å². The molecule has 1 heteroatoms. The molecule has 0 aromatic heterocycles. The van der Waals surface area contributed by atoms with Crippen LogP contribution in [0.1, 0.15) is 49.9 Å². The predicted molar refractivity (Wildman–Crippen MR) is 258 cm³/mol. The molecule has 0 spiro atoms. The van der Waals surface area contributed by atoms with Crippen LogP contribution in [0.5, 0.6) is 0 Å². The van der Waals surface area contributed by atoms with Crippen molar-refractivity contribution in [3.05, 3.63) is 235 Å². The Hall–Kier alpha value is -7.22. The molecule has 9 aromatic carbocycles. The summed E-state index contributed by atoms with van der Waals surface area (Å²) >= 11 is 0. The van der Waals surface area contributed by atoms with Gasteiger partial charge in [0.1, 0.15) is 0 Å². The highest BCUT2D eigenvalue weighted by atomic mass is 15.1. The fourth-order valence-electron chi connectivity index (χ4n) is 10.2. The van der Waals surface area contributed by atoms with Crippen molar-refractivity contribution in [3.63, 3.8) is 0 Å². The van der Waals surface area contributed by atoms with Crippen LogP contribution < -0.4 is 4.90 Å². The lowest BCUT2D eigenvalue weighted by Crippen LogP contribution is -2.17. The number of hydrogen-bond acceptors (Lipinski definition) is 1. The van der Waals surface area contributed by atoms with E-state index in [-0.39, 0.29) is 10.8 Å². The second-order valence-corrected chi connectivity index (χ2v) is 17.8. The van der Waals surface area contributed by atoms with Gasteiger partial charge in [-0.2, -0.15) is 0 Å². The molecule has 0 fully saturated rings. The van der Waals surface area contributed by atoms with Crippen molar-refractivity contribution in [2.24, 2.45) is 0 Å². The van der Waals surface area contributed by atoms with Crippen LogP contribution >= 0.6 is 0 Å².